The van der Waals surface area contributed by atoms with Crippen molar-refractivity contribution in [1.29, 1.82) is 0 Å². The summed E-state index contributed by atoms with van der Waals surface area (Å²) in [5.41, 5.74) is 0.161. The number of carbonyl (C=O) groups is 2. The van der Waals surface area contributed by atoms with Gasteiger partial charge in [0.05, 0.1) is 25.7 Å². The van der Waals surface area contributed by atoms with Crippen LogP contribution in [0.25, 0.3) is 0 Å². The van der Waals surface area contributed by atoms with Crippen molar-refractivity contribution in [3.63, 3.8) is 0 Å². The summed E-state index contributed by atoms with van der Waals surface area (Å²) >= 11 is 0. The van der Waals surface area contributed by atoms with Gasteiger partial charge in [0.1, 0.15) is 10.6 Å². The van der Waals surface area contributed by atoms with Crippen LogP contribution in [0.1, 0.15) is 30.1 Å². The van der Waals surface area contributed by atoms with Gasteiger partial charge in [-0.1, -0.05) is 0 Å². The van der Waals surface area contributed by atoms with Crippen LogP contribution in [0.5, 0.6) is 5.75 Å². The molecule has 0 amide bonds. The van der Waals surface area contributed by atoms with Gasteiger partial charge in [-0.2, -0.15) is 4.31 Å². The molecule has 1 aliphatic rings. The number of aliphatic carboxylic acids is 1. The van der Waals surface area contributed by atoms with E-state index in [0.29, 0.717) is 12.8 Å². The van der Waals surface area contributed by atoms with Crippen LogP contribution in [0.3, 0.4) is 0 Å². The Hall–Kier alpha value is -2.13. The molecule has 9 heteroatoms. The molecule has 8 nitrogen and oxygen atoms in total. The van der Waals surface area contributed by atoms with Gasteiger partial charge in [-0.3, -0.25) is 4.79 Å². The maximum Gasteiger partial charge on any atom is 0.337 e. The highest BCUT2D eigenvalue weighted by atomic mass is 32.2. The molecule has 0 aromatic heterocycles. The van der Waals surface area contributed by atoms with Crippen LogP contribution in [0.2, 0.25) is 0 Å². The average Bonchev–Trinajstić information content (AvgIpc) is 2.60. The molecule has 2 rings (SSSR count). The third-order valence-electron chi connectivity index (χ3n) is 4.42. The van der Waals surface area contributed by atoms with Crippen molar-refractivity contribution in [2.75, 3.05) is 20.8 Å². The number of benzene rings is 1. The number of hydrogen-bond acceptors (Lipinski definition) is 6. The van der Waals surface area contributed by atoms with Crippen molar-refractivity contribution >= 4 is 22.0 Å². The molecule has 25 heavy (non-hydrogen) atoms. The normalized spacial score (nSPS) is 21.6. The first kappa shape index (κ1) is 19.2. The summed E-state index contributed by atoms with van der Waals surface area (Å²) in [6.45, 7) is 1.82. The van der Waals surface area contributed by atoms with Gasteiger partial charge in [-0.05, 0) is 38.0 Å². The van der Waals surface area contributed by atoms with Gasteiger partial charge in [0.2, 0.25) is 10.0 Å². The first-order valence-corrected chi connectivity index (χ1v) is 9.19. The Morgan fingerprint density at radius 3 is 2.52 bits per heavy atom. The maximum absolute atomic E-state index is 13.0. The van der Waals surface area contributed by atoms with E-state index in [9.17, 15) is 23.1 Å². The Balaban J connectivity index is 2.45. The summed E-state index contributed by atoms with van der Waals surface area (Å²) < 4.78 is 37.0. The van der Waals surface area contributed by atoms with Crippen LogP contribution in [0.4, 0.5) is 0 Å². The van der Waals surface area contributed by atoms with Gasteiger partial charge in [0, 0.05) is 12.6 Å². The van der Waals surface area contributed by atoms with E-state index in [2.05, 4.69) is 4.74 Å². The fourth-order valence-electron chi connectivity index (χ4n) is 3.03. The van der Waals surface area contributed by atoms with E-state index in [1.54, 1.807) is 6.92 Å². The second-order valence-electron chi connectivity index (χ2n) is 5.80. The Kier molecular flexibility index (Phi) is 5.69. The van der Waals surface area contributed by atoms with Crippen molar-refractivity contribution < 1.29 is 32.6 Å². The topological polar surface area (TPSA) is 110 Å². The van der Waals surface area contributed by atoms with Crippen LogP contribution in [0.15, 0.2) is 23.1 Å². The highest BCUT2D eigenvalue weighted by Gasteiger charge is 2.40. The molecule has 0 radical (unpaired) electrons. The number of sulfonamides is 1. The van der Waals surface area contributed by atoms with Crippen LogP contribution < -0.4 is 4.74 Å². The molecule has 1 fully saturated rings. The zero-order chi connectivity index (χ0) is 18.8. The Bertz CT molecular complexity index is 775. The minimum atomic E-state index is -3.98. The predicted octanol–water partition coefficient (Wildman–Crippen LogP) is 1.36. The van der Waals surface area contributed by atoms with Gasteiger partial charge < -0.3 is 14.6 Å². The first-order chi connectivity index (χ1) is 11.7. The van der Waals surface area contributed by atoms with Gasteiger partial charge >= 0.3 is 11.9 Å². The van der Waals surface area contributed by atoms with Gasteiger partial charge in [-0.25, -0.2) is 13.2 Å². The van der Waals surface area contributed by atoms with Crippen molar-refractivity contribution in [1.82, 2.24) is 4.31 Å². The molecule has 1 saturated heterocycles. The molecule has 0 spiro atoms. The molecular formula is C16H21NO7S. The summed E-state index contributed by atoms with van der Waals surface area (Å²) in [4.78, 5) is 22.9. The second kappa shape index (κ2) is 7.40. The third-order valence-corrected chi connectivity index (χ3v) is 6.44. The monoisotopic (exact) mass is 371 g/mol. The molecule has 1 heterocycles. The highest BCUT2D eigenvalue weighted by Crippen LogP contribution is 2.33. The quantitative estimate of drug-likeness (QED) is 0.778. The number of hydrogen-bond donors (Lipinski definition) is 1. The number of carboxylic acid groups (broad SMARTS) is 1. The van der Waals surface area contributed by atoms with E-state index in [1.165, 1.54) is 36.7 Å². The lowest BCUT2D eigenvalue weighted by Gasteiger charge is -2.36. The first-order valence-electron chi connectivity index (χ1n) is 7.75. The fourth-order valence-corrected chi connectivity index (χ4v) is 4.88. The van der Waals surface area contributed by atoms with Gasteiger partial charge in [-0.15, -0.1) is 0 Å². The van der Waals surface area contributed by atoms with Gasteiger partial charge in [0.25, 0.3) is 0 Å². The maximum atomic E-state index is 13.0. The fraction of sp³-hybridized carbons (Fsp3) is 0.500. The van der Waals surface area contributed by atoms with Crippen LogP contribution >= 0.6 is 0 Å². The lowest BCUT2D eigenvalue weighted by molar-refractivity contribution is -0.144. The molecule has 1 aliphatic heterocycles. The summed E-state index contributed by atoms with van der Waals surface area (Å²) in [5, 5.41) is 9.29. The summed E-state index contributed by atoms with van der Waals surface area (Å²) in [5.74, 6) is -2.38. The molecule has 0 aliphatic carbocycles. The third kappa shape index (κ3) is 3.62. The molecule has 2 atom stereocenters. The van der Waals surface area contributed by atoms with E-state index >= 15 is 0 Å². The summed E-state index contributed by atoms with van der Waals surface area (Å²) in [6, 6.07) is 3.23. The van der Waals surface area contributed by atoms with E-state index in [4.69, 9.17) is 4.74 Å². The number of nitrogens with zero attached hydrogens (tertiary/aromatic N) is 1. The van der Waals surface area contributed by atoms with E-state index in [1.807, 2.05) is 0 Å². The molecule has 0 unspecified atom stereocenters. The van der Waals surface area contributed by atoms with E-state index in [0.717, 1.165) is 0 Å². The second-order valence-corrected chi connectivity index (χ2v) is 7.66. The lowest BCUT2D eigenvalue weighted by atomic mass is 9.92. The highest BCUT2D eigenvalue weighted by molar-refractivity contribution is 7.89. The summed E-state index contributed by atoms with van der Waals surface area (Å²) in [6.07, 6.45) is 0.893. The molecule has 0 saturated carbocycles. The number of rotatable bonds is 5. The number of ether oxygens (including phenoxy) is 2. The number of piperidine rings is 1. The number of methoxy groups -OCH3 is 2. The van der Waals surface area contributed by atoms with Crippen molar-refractivity contribution in [3.05, 3.63) is 23.8 Å². The molecule has 1 aromatic carbocycles. The van der Waals surface area contributed by atoms with E-state index < -0.39 is 33.9 Å². The van der Waals surface area contributed by atoms with Crippen LogP contribution in [-0.2, 0) is 19.6 Å². The Morgan fingerprint density at radius 2 is 1.96 bits per heavy atom. The Morgan fingerprint density at radius 1 is 1.28 bits per heavy atom. The minimum Gasteiger partial charge on any atom is -0.495 e. The minimum absolute atomic E-state index is 0.00699. The Labute approximate surface area is 146 Å². The molecular weight excluding hydrogens is 350 g/mol. The number of esters is 1. The van der Waals surface area contributed by atoms with Crippen LogP contribution in [-0.4, -0.2) is 56.6 Å². The van der Waals surface area contributed by atoms with E-state index in [-0.39, 0.29) is 22.8 Å². The molecule has 0 bridgehead atoms. The molecule has 138 valence electrons. The van der Waals surface area contributed by atoms with Crippen molar-refractivity contribution in [2.45, 2.75) is 30.7 Å². The smallest absolute Gasteiger partial charge is 0.337 e. The molecule has 1 aromatic rings. The standard InChI is InChI=1S/C16H21NO7S/c1-10-12(15(18)19)5-4-8-17(10)25(21,22)14-7-6-11(16(20)24-3)9-13(14)23-2/h6-7,9-10,12H,4-5,8H2,1-3H3,(H,18,19)/t10-,12-/m0/s1. The van der Waals surface area contributed by atoms with Gasteiger partial charge in [0.15, 0.2) is 0 Å². The van der Waals surface area contributed by atoms with Crippen LogP contribution in [0, 0.1) is 5.92 Å². The summed E-state index contributed by atoms with van der Waals surface area (Å²) in [7, 11) is -1.45. The molecule has 1 N–H and O–H groups in total. The lowest BCUT2D eigenvalue weighted by Crippen LogP contribution is -2.49. The predicted molar refractivity (Wildman–Crippen MR) is 88.0 cm³/mol. The van der Waals surface area contributed by atoms with Crippen molar-refractivity contribution in [3.8, 4) is 5.75 Å². The largest absolute Gasteiger partial charge is 0.495 e. The van der Waals surface area contributed by atoms with Crippen molar-refractivity contribution in [2.24, 2.45) is 5.92 Å². The number of carbonyl (C=O) groups excluding carboxylic acids is 1. The average molecular weight is 371 g/mol. The zero-order valence-corrected chi connectivity index (χ0v) is 15.1. The SMILES string of the molecule is COC(=O)c1ccc(S(=O)(=O)N2CCC[C@H](C(=O)O)[C@@H]2C)c(OC)c1. The number of carboxylic acids is 1. The zero-order valence-electron chi connectivity index (χ0n) is 14.3.